The smallest absolute Gasteiger partial charge is 0.224 e. The van der Waals surface area contributed by atoms with Gasteiger partial charge in [0.2, 0.25) is 17.7 Å². The molecule has 3 aromatic rings. The van der Waals surface area contributed by atoms with Gasteiger partial charge in [0.15, 0.2) is 12.1 Å². The monoisotopic (exact) mass is 1620 g/mol. The van der Waals surface area contributed by atoms with Gasteiger partial charge in [-0.05, 0) is 49.0 Å². The van der Waals surface area contributed by atoms with Crippen LogP contribution in [0.5, 0.6) is 0 Å². The van der Waals surface area contributed by atoms with Crippen LogP contribution < -0.4 is 49.9 Å². The third-order valence-electron chi connectivity index (χ3n) is 29.3. The molecule has 19 aliphatic heterocycles. The summed E-state index contributed by atoms with van der Waals surface area (Å²) in [5, 5.41) is 28.4. The van der Waals surface area contributed by atoms with E-state index >= 15 is 0 Å². The van der Waals surface area contributed by atoms with Gasteiger partial charge in [-0.1, -0.05) is 125 Å². The molecule has 5 atom stereocenters. The minimum Gasteiger partial charge on any atom is -1.00 e. The number of quaternary nitrogens is 9. The van der Waals surface area contributed by atoms with Crippen molar-refractivity contribution in [2.24, 2.45) is 17.8 Å². The first-order valence-corrected chi connectivity index (χ1v) is 42.9. The van der Waals surface area contributed by atoms with E-state index in [-0.39, 0.29) is 63.8 Å². The molecule has 602 valence electrons. The van der Waals surface area contributed by atoms with Crippen LogP contribution in [-0.4, -0.2) is 326 Å². The van der Waals surface area contributed by atoms with Crippen molar-refractivity contribution >= 4 is 17.7 Å². The van der Waals surface area contributed by atoms with E-state index in [0.717, 1.165) is 86.6 Å². The van der Waals surface area contributed by atoms with Crippen LogP contribution in [0, 0.1) is 40.4 Å². The van der Waals surface area contributed by atoms with E-state index in [9.17, 15) is 24.9 Å². The fourth-order valence-electron chi connectivity index (χ4n) is 20.7. The number of carbonyl (C=O) groups excluding carboxylic acids is 3. The standard InChI is InChI=1S/C16H22N2O.C15H18N3.C14H22N2.C13H24N2O.C12H22N2O.C11H24N2.C7H15N2.2BrH/c1-18-9-7-14(8-10-18)15(12-18)17-16(19)11-13-5-3-2-4-6-13;1-18(12-13-6-3-2-4-7-13)14(10-16)8-5-9-15(18)11-17;1-15-7-10-16(11-8-15,12-9-15)13-14-5-3-2-4-6-14;1-3-4-5-13(16)14-12-10-15(2)8-6-11(12)7-9-15;1-3-4-12(15)13-11-9-14(2)7-5-10(11)6-8-14;1-3-4-5-13-9-6-12(2,7-10-13)8-11-13;1-9-5-2-8(3-6-9)4-7-9;;/h2-6,14-15H,7-12H2,1H3;2-4,6-7,14-15H,5,8-9,12H2,1H3;2-6H,7-13H2,1H3;11-12H,3-10H2,1-2H3;10-11H,3-9H2,1-2H3;3-11H2,1-2H3;2-7H2,1H3;2*1H/q;+1;+2;;;+2;+1;;/p+1. The number of unbranched alkanes of at least 4 members (excludes halogenated alkanes) is 2. The topological polar surface area (TPSA) is 138 Å². The third kappa shape index (κ3) is 25.1. The van der Waals surface area contributed by atoms with Crippen molar-refractivity contribution in [1.29, 1.82) is 10.5 Å². The predicted octanol–water partition coefficient (Wildman–Crippen LogP) is 3.18. The van der Waals surface area contributed by atoms with Gasteiger partial charge in [0.05, 0.1) is 159 Å². The van der Waals surface area contributed by atoms with Gasteiger partial charge in [0, 0.05) is 95.0 Å². The molecule has 19 fully saturated rings. The number of likely N-dealkylation sites (N-methyl/N-ethyl adjacent to an activating group) is 6. The Balaban J connectivity index is 0.000000159. The zero-order valence-corrected chi connectivity index (χ0v) is 72.5. The molecule has 3 aromatic carbocycles. The lowest BCUT2D eigenvalue weighted by molar-refractivity contribution is -1.08. The summed E-state index contributed by atoms with van der Waals surface area (Å²) in [5.74, 6) is 2.92. The van der Waals surface area contributed by atoms with Crippen molar-refractivity contribution in [3.63, 3.8) is 0 Å². The highest BCUT2D eigenvalue weighted by molar-refractivity contribution is 5.79. The summed E-state index contributed by atoms with van der Waals surface area (Å²) >= 11 is 0. The molecule has 19 saturated heterocycles. The first kappa shape index (κ1) is 89.2. The van der Waals surface area contributed by atoms with Gasteiger partial charge in [-0.15, -0.1) is 0 Å². The van der Waals surface area contributed by atoms with Crippen LogP contribution in [0.15, 0.2) is 91.0 Å². The predicted molar refractivity (Wildman–Crippen MR) is 428 cm³/mol. The number of piperidine rings is 10. The lowest BCUT2D eigenvalue weighted by Crippen LogP contribution is -3.00. The fourth-order valence-corrected chi connectivity index (χ4v) is 20.7. The van der Waals surface area contributed by atoms with Crippen LogP contribution in [0.4, 0.5) is 0 Å². The maximum Gasteiger partial charge on any atom is 0.224 e. The Hall–Kier alpha value is -4.39. The molecule has 18 nitrogen and oxygen atoms in total. The van der Waals surface area contributed by atoms with Gasteiger partial charge in [-0.25, -0.2) is 0 Å². The maximum atomic E-state index is 12.1. The largest absolute Gasteiger partial charge is 1.00 e. The summed E-state index contributed by atoms with van der Waals surface area (Å²) in [7, 11) is 16.3. The SMILES string of the molecule is CCCC(=O)NC1C[N+]2(C)CCC1CC2.CCCCC(=O)NC1C[N+]2(C)CCC1CC2.CCCC[N+]12CC[N+](C)(CC1)CC2.C[N+]1(Cc2ccccc2)C(C#N)CCCC1C#N.C[N+]12CCC(CC1)C(NC(=O)Cc1ccccc1)C2.C[N+]12CCN(CC1)CC2.C[N+]12CC[N+](Cc3ccccc3)(CC1)CC2.[Br-].[Br-]. The molecule has 108 heavy (non-hydrogen) atoms. The second-order valence-electron chi connectivity index (χ2n) is 38.0. The molecule has 22 rings (SSSR count). The van der Waals surface area contributed by atoms with E-state index in [0.29, 0.717) is 47.8 Å². The minimum absolute atomic E-state index is 0. The summed E-state index contributed by atoms with van der Waals surface area (Å²) in [5.41, 5.74) is 3.81. The Labute approximate surface area is 676 Å². The second kappa shape index (κ2) is 40.6. The quantitative estimate of drug-likeness (QED) is 0.178. The molecule has 5 unspecified atom stereocenters. The highest BCUT2D eigenvalue weighted by atomic mass is 79.9. The highest BCUT2D eigenvalue weighted by Crippen LogP contribution is 2.37. The van der Waals surface area contributed by atoms with E-state index in [4.69, 9.17) is 0 Å². The number of hydrogen-bond donors (Lipinski definition) is 3. The van der Waals surface area contributed by atoms with E-state index in [1.54, 1.807) is 0 Å². The average Bonchev–Trinajstić information content (AvgIpc) is 0.724. The third-order valence-corrected chi connectivity index (χ3v) is 29.3. The summed E-state index contributed by atoms with van der Waals surface area (Å²) in [6.45, 7) is 46.4. The van der Waals surface area contributed by atoms with Crippen molar-refractivity contribution in [1.82, 2.24) is 20.9 Å². The average molecular weight is 1630 g/mol. The maximum absolute atomic E-state index is 12.1. The number of carbonyl (C=O) groups is 3. The van der Waals surface area contributed by atoms with Crippen LogP contribution in [0.1, 0.15) is 140 Å². The van der Waals surface area contributed by atoms with Crippen molar-refractivity contribution in [3.05, 3.63) is 108 Å². The number of amides is 3. The number of nitriles is 2. The normalized spacial score (nSPS) is 37.0. The number of nitrogens with one attached hydrogen (secondary N) is 3. The number of hydrogen-bond acceptors (Lipinski definition) is 6. The zero-order valence-electron chi connectivity index (χ0n) is 69.4. The Morgan fingerprint density at radius 2 is 0.731 bits per heavy atom. The molecule has 0 spiro atoms. The number of halogens is 2. The van der Waals surface area contributed by atoms with E-state index in [1.807, 2.05) is 55.6 Å². The summed E-state index contributed by atoms with van der Waals surface area (Å²) in [6.07, 6.45) is 18.3. The van der Waals surface area contributed by atoms with Crippen LogP contribution in [0.3, 0.4) is 0 Å². The molecule has 19 aliphatic rings. The Kier molecular flexibility index (Phi) is 33.5. The van der Waals surface area contributed by atoms with Gasteiger partial charge < -0.3 is 85.8 Å². The fraction of sp³-hybridized carbons (Fsp3) is 0.739. The van der Waals surface area contributed by atoms with Crippen molar-refractivity contribution in [2.75, 3.05) is 233 Å². The first-order chi connectivity index (χ1) is 50.8. The van der Waals surface area contributed by atoms with E-state index in [2.05, 4.69) is 139 Å². The van der Waals surface area contributed by atoms with Gasteiger partial charge in [-0.2, -0.15) is 10.5 Å². The van der Waals surface area contributed by atoms with Crippen molar-refractivity contribution in [3.8, 4) is 12.1 Å². The number of nitrogens with zero attached hydrogens (tertiary/aromatic N) is 12. The molecule has 3 amide bonds. The van der Waals surface area contributed by atoms with Crippen LogP contribution in [0.2, 0.25) is 0 Å². The summed E-state index contributed by atoms with van der Waals surface area (Å²) in [4.78, 5) is 38.0. The lowest BCUT2D eigenvalue weighted by Gasteiger charge is -2.54. The van der Waals surface area contributed by atoms with Crippen LogP contribution in [0.25, 0.3) is 0 Å². The van der Waals surface area contributed by atoms with Crippen molar-refractivity contribution < 1.29 is 88.7 Å². The van der Waals surface area contributed by atoms with Gasteiger partial charge in [0.25, 0.3) is 0 Å². The summed E-state index contributed by atoms with van der Waals surface area (Å²) < 4.78 is 10.9. The number of rotatable bonds is 17. The minimum atomic E-state index is -0.0661. The molecule has 3 N–H and O–H groups in total. The first-order valence-electron chi connectivity index (χ1n) is 42.9. The van der Waals surface area contributed by atoms with Gasteiger partial charge in [-0.3, -0.25) is 23.8 Å². The second-order valence-corrected chi connectivity index (χ2v) is 38.0. The Morgan fingerprint density at radius 3 is 1.07 bits per heavy atom. The zero-order chi connectivity index (χ0) is 75.5. The number of likely N-dealkylation sites (tertiary alicyclic amines) is 1. The molecule has 19 heterocycles. The van der Waals surface area contributed by atoms with Crippen LogP contribution >= 0.6 is 0 Å². The molecular weight excluding hydrogens is 1470 g/mol. The molecular formula is C88H150Br2N15O3+7. The number of benzene rings is 3. The van der Waals surface area contributed by atoms with Gasteiger partial charge >= 0.3 is 0 Å². The molecule has 0 saturated carbocycles. The molecule has 12 bridgehead atoms. The molecule has 0 aliphatic carbocycles. The highest BCUT2D eigenvalue weighted by Gasteiger charge is 2.50. The Morgan fingerprint density at radius 1 is 0.389 bits per heavy atom. The van der Waals surface area contributed by atoms with Crippen molar-refractivity contribution in [2.45, 2.75) is 173 Å². The number of fused-ring (bicyclic) bond motifs is 18. The molecule has 20 heteroatoms. The van der Waals surface area contributed by atoms with E-state index in [1.165, 1.54) is 264 Å². The molecule has 0 aromatic heterocycles. The summed E-state index contributed by atoms with van der Waals surface area (Å²) in [6, 6.07) is 37.1. The van der Waals surface area contributed by atoms with Crippen LogP contribution in [-0.2, 0) is 33.9 Å². The number of piperazine rings is 9. The van der Waals surface area contributed by atoms with Gasteiger partial charge in [0.1, 0.15) is 104 Å². The Bertz CT molecular complexity index is 3210. The van der Waals surface area contributed by atoms with E-state index < -0.39 is 0 Å². The lowest BCUT2D eigenvalue weighted by atomic mass is 9.82. The molecule has 0 radical (unpaired) electrons.